The Balaban J connectivity index is 1.84. The average molecular weight is 409 g/mol. The van der Waals surface area contributed by atoms with Gasteiger partial charge in [0.25, 0.3) is 0 Å². The number of hydrogen-bond acceptors (Lipinski definition) is 2. The molecule has 2 aromatic carbocycles. The first-order chi connectivity index (χ1) is 14.0. The Bertz CT molecular complexity index is 965. The smallest absolute Gasteiger partial charge is 0.167 e. The van der Waals surface area contributed by atoms with Gasteiger partial charge in [-0.15, -0.1) is 0 Å². The minimum atomic E-state index is 0.106. The van der Waals surface area contributed by atoms with Gasteiger partial charge in [0.2, 0.25) is 0 Å². The van der Waals surface area contributed by atoms with Crippen LogP contribution in [0, 0.1) is 18.8 Å². The lowest BCUT2D eigenvalue weighted by molar-refractivity contribution is -0.114. The van der Waals surface area contributed by atoms with Crippen molar-refractivity contribution in [3.8, 4) is 11.1 Å². The molecule has 0 heterocycles. The van der Waals surface area contributed by atoms with Gasteiger partial charge in [0.15, 0.2) is 5.78 Å². The molecule has 5 rings (SSSR count). The molecule has 0 aromatic heterocycles. The lowest BCUT2D eigenvalue weighted by atomic mass is 9.79. The molecule has 152 valence electrons. The minimum absolute atomic E-state index is 0.106. The Morgan fingerprint density at radius 3 is 2.31 bits per heavy atom. The molecule has 0 unspecified atom stereocenters. The van der Waals surface area contributed by atoms with E-state index in [-0.39, 0.29) is 5.78 Å². The molecule has 0 radical (unpaired) electrons. The van der Waals surface area contributed by atoms with Crippen LogP contribution in [0.5, 0.6) is 0 Å². The van der Waals surface area contributed by atoms with Crippen LogP contribution in [-0.2, 0) is 11.2 Å². The van der Waals surface area contributed by atoms with Crippen molar-refractivity contribution in [2.24, 2.45) is 11.8 Å². The van der Waals surface area contributed by atoms with Gasteiger partial charge >= 0.3 is 0 Å². The molecule has 0 saturated heterocycles. The second-order valence-electron chi connectivity index (χ2n) is 8.72. The zero-order valence-electron chi connectivity index (χ0n) is 17.3. The summed E-state index contributed by atoms with van der Waals surface area (Å²) in [6.07, 6.45) is 6.48. The summed E-state index contributed by atoms with van der Waals surface area (Å²) >= 11 is 6.14. The van der Waals surface area contributed by atoms with Crippen molar-refractivity contribution in [1.29, 1.82) is 0 Å². The van der Waals surface area contributed by atoms with Gasteiger partial charge in [-0.2, -0.15) is 0 Å². The van der Waals surface area contributed by atoms with Crippen molar-refractivity contribution < 1.29 is 9.90 Å². The SMILES string of the molecule is CCc1ccc(-c2ccc(Cl)cc2C)cc1C1=C(O)CC2CCC(CC2)CC1=O. The Morgan fingerprint density at radius 2 is 1.66 bits per heavy atom. The Hall–Kier alpha value is -2.06. The predicted molar refractivity (Wildman–Crippen MR) is 120 cm³/mol. The summed E-state index contributed by atoms with van der Waals surface area (Å²) in [4.78, 5) is 13.3. The molecular formula is C26H29ClO2. The molecule has 0 spiro atoms. The van der Waals surface area contributed by atoms with E-state index >= 15 is 0 Å². The van der Waals surface area contributed by atoms with Gasteiger partial charge in [0, 0.05) is 17.9 Å². The van der Waals surface area contributed by atoms with Gasteiger partial charge in [-0.3, -0.25) is 4.79 Å². The molecule has 2 nitrogen and oxygen atoms in total. The van der Waals surface area contributed by atoms with Crippen LogP contribution >= 0.6 is 11.6 Å². The van der Waals surface area contributed by atoms with E-state index in [0.717, 1.165) is 64.9 Å². The summed E-state index contributed by atoms with van der Waals surface area (Å²) in [6.45, 7) is 4.15. The van der Waals surface area contributed by atoms with Crippen molar-refractivity contribution in [3.05, 3.63) is 63.9 Å². The van der Waals surface area contributed by atoms with E-state index in [1.165, 1.54) is 0 Å². The Kier molecular flexibility index (Phi) is 5.83. The molecule has 0 atom stereocenters. The lowest BCUT2D eigenvalue weighted by Crippen LogP contribution is -2.15. The number of carbonyl (C=O) groups is 1. The molecule has 3 heteroatoms. The molecule has 29 heavy (non-hydrogen) atoms. The van der Waals surface area contributed by atoms with Gasteiger partial charge in [-0.25, -0.2) is 0 Å². The van der Waals surface area contributed by atoms with Gasteiger partial charge in [0.05, 0.1) is 5.57 Å². The predicted octanol–water partition coefficient (Wildman–Crippen LogP) is 7.32. The zero-order chi connectivity index (χ0) is 20.5. The zero-order valence-corrected chi connectivity index (χ0v) is 18.1. The second-order valence-corrected chi connectivity index (χ2v) is 9.16. The first kappa shape index (κ1) is 20.2. The molecule has 1 saturated carbocycles. The highest BCUT2D eigenvalue weighted by Crippen LogP contribution is 2.40. The molecule has 3 aliphatic rings. The van der Waals surface area contributed by atoms with Gasteiger partial charge in [0.1, 0.15) is 5.76 Å². The lowest BCUT2D eigenvalue weighted by Gasteiger charge is -2.26. The largest absolute Gasteiger partial charge is 0.512 e. The van der Waals surface area contributed by atoms with Gasteiger partial charge in [-0.1, -0.05) is 36.7 Å². The van der Waals surface area contributed by atoms with Crippen molar-refractivity contribution in [1.82, 2.24) is 0 Å². The van der Waals surface area contributed by atoms with E-state index in [4.69, 9.17) is 11.6 Å². The maximum Gasteiger partial charge on any atom is 0.167 e. The van der Waals surface area contributed by atoms with Crippen LogP contribution in [0.25, 0.3) is 16.7 Å². The fourth-order valence-corrected chi connectivity index (χ4v) is 5.31. The molecule has 1 N–H and O–H groups in total. The van der Waals surface area contributed by atoms with Crippen LogP contribution in [0.15, 0.2) is 42.2 Å². The Morgan fingerprint density at radius 1 is 0.966 bits per heavy atom. The second kappa shape index (κ2) is 8.36. The van der Waals surface area contributed by atoms with E-state index < -0.39 is 0 Å². The van der Waals surface area contributed by atoms with E-state index in [2.05, 4.69) is 25.1 Å². The number of benzene rings is 2. The highest BCUT2D eigenvalue weighted by atomic mass is 35.5. The van der Waals surface area contributed by atoms with Gasteiger partial charge in [-0.05, 0) is 96.9 Å². The number of fused-ring (bicyclic) bond motifs is 5. The highest BCUT2D eigenvalue weighted by molar-refractivity contribution is 6.30. The first-order valence-electron chi connectivity index (χ1n) is 10.8. The number of Topliss-reactive ketones (excluding diaryl/α,β-unsaturated/α-hetero) is 1. The van der Waals surface area contributed by atoms with Crippen LogP contribution in [0.4, 0.5) is 0 Å². The van der Waals surface area contributed by atoms with Crippen molar-refractivity contribution in [2.75, 3.05) is 0 Å². The normalized spacial score (nSPS) is 22.4. The van der Waals surface area contributed by atoms with E-state index in [1.807, 2.05) is 25.1 Å². The van der Waals surface area contributed by atoms with Crippen molar-refractivity contribution in [2.45, 2.75) is 58.8 Å². The Labute approximate surface area is 178 Å². The molecule has 0 amide bonds. The summed E-state index contributed by atoms with van der Waals surface area (Å²) in [5, 5.41) is 11.8. The van der Waals surface area contributed by atoms with Crippen LogP contribution in [0.1, 0.15) is 62.1 Å². The first-order valence-corrected chi connectivity index (χ1v) is 11.2. The number of allylic oxidation sites excluding steroid dienone is 2. The molecule has 3 aliphatic carbocycles. The quantitative estimate of drug-likeness (QED) is 0.577. The molecule has 2 bridgehead atoms. The fourth-order valence-electron chi connectivity index (χ4n) is 5.08. The number of aliphatic hydroxyl groups is 1. The van der Waals surface area contributed by atoms with Crippen molar-refractivity contribution >= 4 is 23.0 Å². The number of aliphatic hydroxyl groups excluding tert-OH is 1. The summed E-state index contributed by atoms with van der Waals surface area (Å²) in [5.41, 5.74) is 5.85. The van der Waals surface area contributed by atoms with Crippen LogP contribution in [-0.4, -0.2) is 10.9 Å². The van der Waals surface area contributed by atoms with Crippen molar-refractivity contribution in [3.63, 3.8) is 0 Å². The minimum Gasteiger partial charge on any atom is -0.512 e. The standard InChI is InChI=1S/C26H29ClO2/c1-3-19-8-9-20(22-11-10-21(27)12-16(22)2)15-23(19)26-24(28)13-17-4-5-18(7-6-17)14-25(26)29/h8-12,15,17-18,28H,3-7,13-14H2,1-2H3. The van der Waals surface area contributed by atoms with Crippen LogP contribution in [0.3, 0.4) is 0 Å². The van der Waals surface area contributed by atoms with Crippen LogP contribution < -0.4 is 0 Å². The third-order valence-electron chi connectivity index (χ3n) is 6.75. The third-order valence-corrected chi connectivity index (χ3v) is 6.98. The number of aryl methyl sites for hydroxylation is 2. The molecule has 0 aliphatic heterocycles. The maximum absolute atomic E-state index is 13.3. The molecule has 2 aromatic rings. The molecular weight excluding hydrogens is 380 g/mol. The maximum atomic E-state index is 13.3. The fraction of sp³-hybridized carbons (Fsp3) is 0.423. The number of rotatable bonds is 3. The third kappa shape index (κ3) is 4.14. The molecule has 1 fully saturated rings. The number of carbonyl (C=O) groups excluding carboxylic acids is 1. The van der Waals surface area contributed by atoms with E-state index in [9.17, 15) is 9.90 Å². The summed E-state index contributed by atoms with van der Waals surface area (Å²) in [7, 11) is 0. The topological polar surface area (TPSA) is 37.3 Å². The monoisotopic (exact) mass is 408 g/mol. The number of halogens is 1. The van der Waals surface area contributed by atoms with E-state index in [0.29, 0.717) is 36.0 Å². The van der Waals surface area contributed by atoms with Gasteiger partial charge < -0.3 is 5.11 Å². The van der Waals surface area contributed by atoms with Crippen LogP contribution in [0.2, 0.25) is 5.02 Å². The highest BCUT2D eigenvalue weighted by Gasteiger charge is 2.31. The van der Waals surface area contributed by atoms with E-state index in [1.54, 1.807) is 0 Å². The number of hydrogen-bond donors (Lipinski definition) is 1. The number of ketones is 1. The average Bonchev–Trinajstić information content (AvgIpc) is 2.78. The summed E-state index contributed by atoms with van der Waals surface area (Å²) in [6, 6.07) is 12.2. The summed E-state index contributed by atoms with van der Waals surface area (Å²) in [5.74, 6) is 1.36. The summed E-state index contributed by atoms with van der Waals surface area (Å²) < 4.78 is 0.